The normalized spacial score (nSPS) is 11.0. The largest absolute Gasteiger partial charge is 0.457 e. The molecule has 4 nitrogen and oxygen atoms in total. The van der Waals surface area contributed by atoms with Crippen LogP contribution in [0.25, 0.3) is 16.3 Å². The van der Waals surface area contributed by atoms with E-state index in [9.17, 15) is 4.79 Å². The predicted octanol–water partition coefficient (Wildman–Crippen LogP) is 5.71. The molecule has 0 spiro atoms. The van der Waals surface area contributed by atoms with Crippen LogP contribution < -0.4 is 9.47 Å². The van der Waals surface area contributed by atoms with Gasteiger partial charge in [-0.3, -0.25) is 0 Å². The number of thiazole rings is 1. The summed E-state index contributed by atoms with van der Waals surface area (Å²) in [5.74, 6) is 1.42. The molecule has 132 valence electrons. The third-order valence-corrected chi connectivity index (χ3v) is 4.70. The van der Waals surface area contributed by atoms with Crippen molar-refractivity contribution in [2.75, 3.05) is 0 Å². The highest BCUT2D eigenvalue weighted by atomic mass is 32.1. The molecule has 3 aromatic carbocycles. The monoisotopic (exact) mass is 373 g/mol. The number of hydrogen-bond acceptors (Lipinski definition) is 5. The highest BCUT2D eigenvalue weighted by Crippen LogP contribution is 2.24. The van der Waals surface area contributed by atoms with Crippen LogP contribution in [0.3, 0.4) is 0 Å². The average molecular weight is 373 g/mol. The van der Waals surface area contributed by atoms with Crippen LogP contribution in [0.4, 0.5) is 0 Å². The summed E-state index contributed by atoms with van der Waals surface area (Å²) in [5, 5.41) is 0.764. The minimum atomic E-state index is -0.453. The number of para-hydroxylation sites is 2. The molecular formula is C22H15NO3S. The van der Waals surface area contributed by atoms with Crippen LogP contribution in [0.5, 0.6) is 17.2 Å². The smallest absolute Gasteiger partial charge is 0.336 e. The quantitative estimate of drug-likeness (QED) is 0.255. The molecule has 0 N–H and O–H groups in total. The van der Waals surface area contributed by atoms with E-state index >= 15 is 0 Å². The van der Waals surface area contributed by atoms with E-state index in [0.29, 0.717) is 11.5 Å². The van der Waals surface area contributed by atoms with Gasteiger partial charge < -0.3 is 9.47 Å². The number of fused-ring (bicyclic) bond motifs is 1. The molecule has 0 fully saturated rings. The highest BCUT2D eigenvalue weighted by Gasteiger charge is 2.04. The van der Waals surface area contributed by atoms with Crippen molar-refractivity contribution in [1.82, 2.24) is 4.98 Å². The first-order valence-electron chi connectivity index (χ1n) is 8.35. The minimum Gasteiger partial charge on any atom is -0.457 e. The molecule has 0 atom stereocenters. The maximum atomic E-state index is 12.0. The van der Waals surface area contributed by atoms with E-state index in [1.807, 2.05) is 54.6 Å². The number of esters is 1. The topological polar surface area (TPSA) is 48.4 Å². The van der Waals surface area contributed by atoms with Gasteiger partial charge in [0.2, 0.25) is 0 Å². The first-order chi connectivity index (χ1) is 13.3. The Kier molecular flexibility index (Phi) is 4.94. The molecule has 0 bridgehead atoms. The summed E-state index contributed by atoms with van der Waals surface area (Å²) < 4.78 is 12.1. The van der Waals surface area contributed by atoms with Gasteiger partial charge in [0.1, 0.15) is 22.3 Å². The van der Waals surface area contributed by atoms with Gasteiger partial charge in [0.15, 0.2) is 0 Å². The fraction of sp³-hybridized carbons (Fsp3) is 0. The SMILES string of the molecule is O=C(/C=C/c1nc2ccccc2s1)Oc1ccc(Oc2ccccc2)cc1. The molecule has 1 heterocycles. The number of aromatic nitrogens is 1. The van der Waals surface area contributed by atoms with Crippen LogP contribution in [-0.4, -0.2) is 11.0 Å². The summed E-state index contributed by atoms with van der Waals surface area (Å²) in [6, 6.07) is 24.2. The van der Waals surface area contributed by atoms with Crippen LogP contribution in [0.1, 0.15) is 5.01 Å². The Morgan fingerprint density at radius 2 is 1.48 bits per heavy atom. The lowest BCUT2D eigenvalue weighted by atomic mass is 10.3. The van der Waals surface area contributed by atoms with E-state index in [4.69, 9.17) is 9.47 Å². The lowest BCUT2D eigenvalue weighted by Gasteiger charge is -2.06. The Morgan fingerprint density at radius 3 is 2.26 bits per heavy atom. The molecule has 4 rings (SSSR count). The lowest BCUT2D eigenvalue weighted by molar-refractivity contribution is -0.128. The van der Waals surface area contributed by atoms with Crippen molar-refractivity contribution in [2.45, 2.75) is 0 Å². The van der Waals surface area contributed by atoms with Crippen LogP contribution in [-0.2, 0) is 4.79 Å². The summed E-state index contributed by atoms with van der Waals surface area (Å²) in [4.78, 5) is 16.5. The molecule has 0 saturated heterocycles. The van der Waals surface area contributed by atoms with Crippen molar-refractivity contribution >= 4 is 33.6 Å². The van der Waals surface area contributed by atoms with E-state index in [-0.39, 0.29) is 0 Å². The van der Waals surface area contributed by atoms with Gasteiger partial charge in [0.05, 0.1) is 10.2 Å². The maximum absolute atomic E-state index is 12.0. The van der Waals surface area contributed by atoms with Gasteiger partial charge in [-0.1, -0.05) is 30.3 Å². The zero-order valence-electron chi connectivity index (χ0n) is 14.2. The van der Waals surface area contributed by atoms with Crippen LogP contribution >= 0.6 is 11.3 Å². The lowest BCUT2D eigenvalue weighted by Crippen LogP contribution is -2.03. The van der Waals surface area contributed by atoms with Gasteiger partial charge in [-0.15, -0.1) is 11.3 Å². The van der Waals surface area contributed by atoms with Crippen molar-refractivity contribution in [2.24, 2.45) is 0 Å². The molecule has 0 aliphatic carbocycles. The van der Waals surface area contributed by atoms with Crippen molar-refractivity contribution < 1.29 is 14.3 Å². The van der Waals surface area contributed by atoms with Crippen LogP contribution in [0.2, 0.25) is 0 Å². The molecule has 27 heavy (non-hydrogen) atoms. The standard InChI is InChI=1S/C22H15NO3S/c24-22(15-14-21-23-19-8-4-5-9-20(19)27-21)26-18-12-10-17(11-13-18)25-16-6-2-1-3-7-16/h1-15H/b15-14+. The minimum absolute atomic E-state index is 0.453. The zero-order valence-corrected chi connectivity index (χ0v) is 15.1. The van der Waals surface area contributed by atoms with Gasteiger partial charge in [0.25, 0.3) is 0 Å². The van der Waals surface area contributed by atoms with E-state index < -0.39 is 5.97 Å². The second-order valence-electron chi connectivity index (χ2n) is 5.66. The summed E-state index contributed by atoms with van der Waals surface area (Å²) in [7, 11) is 0. The fourth-order valence-electron chi connectivity index (χ4n) is 2.45. The van der Waals surface area contributed by atoms with E-state index in [1.54, 1.807) is 30.3 Å². The number of carbonyl (C=O) groups excluding carboxylic acids is 1. The molecule has 4 aromatic rings. The molecular weight excluding hydrogens is 358 g/mol. The van der Waals surface area contributed by atoms with Gasteiger partial charge >= 0.3 is 5.97 Å². The van der Waals surface area contributed by atoms with E-state index in [0.717, 1.165) is 21.0 Å². The molecule has 0 unspecified atom stereocenters. The molecule has 5 heteroatoms. The Hall–Kier alpha value is -3.44. The third-order valence-electron chi connectivity index (χ3n) is 3.69. The van der Waals surface area contributed by atoms with E-state index in [2.05, 4.69) is 4.98 Å². The molecule has 0 aliphatic heterocycles. The molecule has 0 aliphatic rings. The highest BCUT2D eigenvalue weighted by molar-refractivity contribution is 7.19. The molecule has 1 aromatic heterocycles. The van der Waals surface area contributed by atoms with Crippen molar-refractivity contribution in [3.05, 3.63) is 89.9 Å². The Morgan fingerprint density at radius 1 is 0.815 bits per heavy atom. The van der Waals surface area contributed by atoms with Gasteiger partial charge in [-0.2, -0.15) is 0 Å². The Balaban J connectivity index is 1.37. The number of ether oxygens (including phenoxy) is 2. The second-order valence-corrected chi connectivity index (χ2v) is 6.72. The zero-order chi connectivity index (χ0) is 18.5. The molecule has 0 radical (unpaired) electrons. The fourth-order valence-corrected chi connectivity index (χ4v) is 3.32. The number of hydrogen-bond donors (Lipinski definition) is 0. The van der Waals surface area contributed by atoms with Crippen molar-refractivity contribution in [3.63, 3.8) is 0 Å². The number of nitrogens with zero attached hydrogens (tertiary/aromatic N) is 1. The van der Waals surface area contributed by atoms with Gasteiger partial charge in [0, 0.05) is 6.08 Å². The van der Waals surface area contributed by atoms with E-state index in [1.165, 1.54) is 17.4 Å². The third kappa shape index (κ3) is 4.40. The summed E-state index contributed by atoms with van der Waals surface area (Å²) in [5.41, 5.74) is 0.921. The maximum Gasteiger partial charge on any atom is 0.336 e. The number of carbonyl (C=O) groups is 1. The van der Waals surface area contributed by atoms with Gasteiger partial charge in [-0.25, -0.2) is 9.78 Å². The first-order valence-corrected chi connectivity index (χ1v) is 9.16. The second kappa shape index (κ2) is 7.85. The number of rotatable bonds is 5. The predicted molar refractivity (Wildman–Crippen MR) is 107 cm³/mol. The Bertz CT molecular complexity index is 1050. The molecule has 0 amide bonds. The van der Waals surface area contributed by atoms with Crippen molar-refractivity contribution in [3.8, 4) is 17.2 Å². The van der Waals surface area contributed by atoms with Crippen molar-refractivity contribution in [1.29, 1.82) is 0 Å². The Labute approximate surface area is 160 Å². The first kappa shape index (κ1) is 17.0. The van der Waals surface area contributed by atoms with Crippen LogP contribution in [0, 0.1) is 0 Å². The summed E-state index contributed by atoms with van der Waals surface area (Å²) in [6.45, 7) is 0. The molecule has 0 saturated carbocycles. The van der Waals surface area contributed by atoms with Crippen LogP contribution in [0.15, 0.2) is 84.9 Å². The summed E-state index contributed by atoms with van der Waals surface area (Å²) in [6.07, 6.45) is 3.05. The number of benzene rings is 3. The summed E-state index contributed by atoms with van der Waals surface area (Å²) >= 11 is 1.53. The van der Waals surface area contributed by atoms with Gasteiger partial charge in [-0.05, 0) is 54.6 Å². The average Bonchev–Trinajstić information content (AvgIpc) is 3.12.